The highest BCUT2D eigenvalue weighted by atomic mass is 16.5. The number of likely N-dealkylation sites (tertiary alicyclic amines) is 1. The molecule has 0 unspecified atom stereocenters. The van der Waals surface area contributed by atoms with Crippen LogP contribution in [0.1, 0.15) is 23.3 Å². The minimum absolute atomic E-state index is 0.00136. The number of hydrogen-bond acceptors (Lipinski definition) is 5. The highest BCUT2D eigenvalue weighted by Gasteiger charge is 2.21. The van der Waals surface area contributed by atoms with E-state index >= 15 is 0 Å². The number of aromatic nitrogens is 2. The summed E-state index contributed by atoms with van der Waals surface area (Å²) in [6, 6.07) is 3.65. The van der Waals surface area contributed by atoms with Crippen molar-refractivity contribution in [2.75, 3.05) is 44.3 Å². The fraction of sp³-hybridized carbons (Fsp3) is 0.615. The normalized spacial score (nSPS) is 19.8. The second kappa shape index (κ2) is 5.52. The molecule has 1 aromatic rings. The Morgan fingerprint density at radius 2 is 1.79 bits per heavy atom. The number of carbonyl (C=O) groups excluding carboxylic acids is 1. The molecule has 0 radical (unpaired) electrons. The lowest BCUT2D eigenvalue weighted by molar-refractivity contribution is 0.0785. The molecule has 2 aliphatic rings. The van der Waals surface area contributed by atoms with E-state index in [1.807, 2.05) is 11.0 Å². The van der Waals surface area contributed by atoms with Crippen molar-refractivity contribution in [2.45, 2.75) is 12.8 Å². The van der Waals surface area contributed by atoms with Crippen LogP contribution in [0, 0.1) is 0 Å². The fourth-order valence-electron chi connectivity index (χ4n) is 2.48. The Kier molecular flexibility index (Phi) is 3.59. The minimum Gasteiger partial charge on any atom is -0.378 e. The predicted octanol–water partition coefficient (Wildman–Crippen LogP) is 0.549. The summed E-state index contributed by atoms with van der Waals surface area (Å²) >= 11 is 0. The van der Waals surface area contributed by atoms with E-state index < -0.39 is 0 Å². The van der Waals surface area contributed by atoms with Gasteiger partial charge in [-0.15, -0.1) is 10.2 Å². The summed E-state index contributed by atoms with van der Waals surface area (Å²) < 4.78 is 5.30. The van der Waals surface area contributed by atoms with Gasteiger partial charge in [-0.2, -0.15) is 0 Å². The molecule has 19 heavy (non-hydrogen) atoms. The zero-order chi connectivity index (χ0) is 13.1. The molecule has 2 fully saturated rings. The molecule has 0 saturated carbocycles. The molecule has 6 heteroatoms. The molecular formula is C13H18N4O2. The maximum Gasteiger partial charge on any atom is 0.274 e. The summed E-state index contributed by atoms with van der Waals surface area (Å²) in [4.78, 5) is 16.1. The van der Waals surface area contributed by atoms with Crippen molar-refractivity contribution >= 4 is 11.7 Å². The highest BCUT2D eigenvalue weighted by molar-refractivity contribution is 5.92. The molecule has 102 valence electrons. The second-order valence-corrected chi connectivity index (χ2v) is 4.88. The number of carbonyl (C=O) groups is 1. The lowest BCUT2D eigenvalue weighted by Gasteiger charge is -2.27. The van der Waals surface area contributed by atoms with Crippen molar-refractivity contribution in [3.63, 3.8) is 0 Å². The third-order valence-corrected chi connectivity index (χ3v) is 3.60. The summed E-state index contributed by atoms with van der Waals surface area (Å²) in [7, 11) is 0. The van der Waals surface area contributed by atoms with Gasteiger partial charge in [0.15, 0.2) is 11.5 Å². The van der Waals surface area contributed by atoms with Crippen molar-refractivity contribution in [1.29, 1.82) is 0 Å². The lowest BCUT2D eigenvalue weighted by Crippen LogP contribution is -2.37. The minimum atomic E-state index is -0.00136. The van der Waals surface area contributed by atoms with Crippen LogP contribution in [-0.2, 0) is 4.74 Å². The SMILES string of the molecule is O=C(c1ccc(N2CCOCC2)nn1)N1CCCC1. The van der Waals surface area contributed by atoms with E-state index in [4.69, 9.17) is 4.74 Å². The standard InChI is InChI=1S/C13H18N4O2/c18-13(17-5-1-2-6-17)11-3-4-12(15-14-11)16-7-9-19-10-8-16/h3-4H,1-2,5-10H2. The topological polar surface area (TPSA) is 58.6 Å². The first-order chi connectivity index (χ1) is 9.34. The molecule has 1 aromatic heterocycles. The first-order valence-corrected chi connectivity index (χ1v) is 6.80. The van der Waals surface area contributed by atoms with Gasteiger partial charge in [0.2, 0.25) is 0 Å². The molecule has 1 amide bonds. The molecule has 0 bridgehead atoms. The third-order valence-electron chi connectivity index (χ3n) is 3.60. The fourth-order valence-corrected chi connectivity index (χ4v) is 2.48. The van der Waals surface area contributed by atoms with E-state index in [0.717, 1.165) is 58.1 Å². The molecule has 3 rings (SSSR count). The van der Waals surface area contributed by atoms with Gasteiger partial charge in [0.25, 0.3) is 5.91 Å². The maximum absolute atomic E-state index is 12.1. The number of hydrogen-bond donors (Lipinski definition) is 0. The van der Waals surface area contributed by atoms with Crippen molar-refractivity contribution in [1.82, 2.24) is 15.1 Å². The van der Waals surface area contributed by atoms with Gasteiger partial charge in [-0.1, -0.05) is 0 Å². The molecule has 0 aromatic carbocycles. The van der Waals surface area contributed by atoms with Gasteiger partial charge in [-0.05, 0) is 25.0 Å². The Morgan fingerprint density at radius 1 is 1.05 bits per heavy atom. The van der Waals surface area contributed by atoms with Crippen LogP contribution in [0.5, 0.6) is 0 Å². The summed E-state index contributed by atoms with van der Waals surface area (Å²) in [5, 5.41) is 8.24. The Hall–Kier alpha value is -1.69. The van der Waals surface area contributed by atoms with Gasteiger partial charge in [-0.3, -0.25) is 4.79 Å². The van der Waals surface area contributed by atoms with Crippen molar-refractivity contribution in [3.05, 3.63) is 17.8 Å². The number of amides is 1. The molecule has 6 nitrogen and oxygen atoms in total. The van der Waals surface area contributed by atoms with Gasteiger partial charge in [0.05, 0.1) is 13.2 Å². The number of anilines is 1. The Labute approximate surface area is 112 Å². The zero-order valence-corrected chi connectivity index (χ0v) is 10.9. The van der Waals surface area contributed by atoms with Crippen molar-refractivity contribution in [2.24, 2.45) is 0 Å². The Balaban J connectivity index is 1.69. The molecule has 0 N–H and O–H groups in total. The summed E-state index contributed by atoms with van der Waals surface area (Å²) in [6.45, 7) is 4.77. The lowest BCUT2D eigenvalue weighted by atomic mass is 10.3. The Morgan fingerprint density at radius 3 is 2.42 bits per heavy atom. The van der Waals surface area contributed by atoms with E-state index in [0.29, 0.717) is 5.69 Å². The van der Waals surface area contributed by atoms with Crippen molar-refractivity contribution in [3.8, 4) is 0 Å². The van der Waals surface area contributed by atoms with E-state index in [-0.39, 0.29) is 5.91 Å². The largest absolute Gasteiger partial charge is 0.378 e. The number of nitrogens with zero attached hydrogens (tertiary/aromatic N) is 4. The van der Waals surface area contributed by atoms with Crippen LogP contribution in [0.15, 0.2) is 12.1 Å². The highest BCUT2D eigenvalue weighted by Crippen LogP contribution is 2.14. The molecule has 2 saturated heterocycles. The van der Waals surface area contributed by atoms with Gasteiger partial charge < -0.3 is 14.5 Å². The van der Waals surface area contributed by atoms with Crippen LogP contribution in [0.2, 0.25) is 0 Å². The van der Waals surface area contributed by atoms with Crippen LogP contribution in [0.4, 0.5) is 5.82 Å². The van der Waals surface area contributed by atoms with Crippen LogP contribution in [0.25, 0.3) is 0 Å². The molecule has 3 heterocycles. The quantitative estimate of drug-likeness (QED) is 0.779. The van der Waals surface area contributed by atoms with Crippen LogP contribution in [-0.4, -0.2) is 60.4 Å². The second-order valence-electron chi connectivity index (χ2n) is 4.88. The molecule has 0 spiro atoms. The zero-order valence-electron chi connectivity index (χ0n) is 10.9. The summed E-state index contributed by atoms with van der Waals surface area (Å²) in [5.41, 5.74) is 0.443. The first-order valence-electron chi connectivity index (χ1n) is 6.80. The Bertz CT molecular complexity index is 436. The molecule has 2 aliphatic heterocycles. The molecular weight excluding hydrogens is 244 g/mol. The number of morpholine rings is 1. The summed E-state index contributed by atoms with van der Waals surface area (Å²) in [5.74, 6) is 0.819. The first kappa shape index (κ1) is 12.3. The van der Waals surface area contributed by atoms with Gasteiger partial charge >= 0.3 is 0 Å². The van der Waals surface area contributed by atoms with E-state index in [1.165, 1.54) is 0 Å². The van der Waals surface area contributed by atoms with E-state index in [2.05, 4.69) is 15.1 Å². The number of rotatable bonds is 2. The molecule has 0 atom stereocenters. The van der Waals surface area contributed by atoms with Crippen LogP contribution in [0.3, 0.4) is 0 Å². The molecule has 0 aliphatic carbocycles. The van der Waals surface area contributed by atoms with Gasteiger partial charge in [-0.25, -0.2) is 0 Å². The van der Waals surface area contributed by atoms with E-state index in [9.17, 15) is 4.79 Å². The van der Waals surface area contributed by atoms with Gasteiger partial charge in [0, 0.05) is 26.2 Å². The smallest absolute Gasteiger partial charge is 0.274 e. The average molecular weight is 262 g/mol. The summed E-state index contributed by atoms with van der Waals surface area (Å²) in [6.07, 6.45) is 2.18. The van der Waals surface area contributed by atoms with Crippen LogP contribution < -0.4 is 4.90 Å². The third kappa shape index (κ3) is 2.68. The average Bonchev–Trinajstić information content (AvgIpc) is 3.02. The van der Waals surface area contributed by atoms with E-state index in [1.54, 1.807) is 6.07 Å². The monoisotopic (exact) mass is 262 g/mol. The van der Waals surface area contributed by atoms with Crippen molar-refractivity contribution < 1.29 is 9.53 Å². The predicted molar refractivity (Wildman–Crippen MR) is 70.2 cm³/mol. The number of ether oxygens (including phenoxy) is 1. The maximum atomic E-state index is 12.1. The van der Waals surface area contributed by atoms with Crippen LogP contribution >= 0.6 is 0 Å². The van der Waals surface area contributed by atoms with Gasteiger partial charge in [0.1, 0.15) is 0 Å².